The van der Waals surface area contributed by atoms with Crippen LogP contribution in [0.3, 0.4) is 0 Å². The summed E-state index contributed by atoms with van der Waals surface area (Å²) in [4.78, 5) is 23.9. The van der Waals surface area contributed by atoms with E-state index in [1.165, 1.54) is 17.0 Å². The highest BCUT2D eigenvalue weighted by atomic mass is 32.2. The molecule has 0 atom stereocenters. The van der Waals surface area contributed by atoms with Gasteiger partial charge in [0.25, 0.3) is 0 Å². The molecule has 1 amide bonds. The molecule has 1 aliphatic heterocycles. The van der Waals surface area contributed by atoms with E-state index in [4.69, 9.17) is 5.11 Å². The molecule has 0 saturated heterocycles. The van der Waals surface area contributed by atoms with Gasteiger partial charge in [-0.2, -0.15) is 0 Å². The highest BCUT2D eigenvalue weighted by Gasteiger charge is 2.30. The van der Waals surface area contributed by atoms with Crippen LogP contribution in [0.1, 0.15) is 12.8 Å². The van der Waals surface area contributed by atoms with Crippen LogP contribution in [-0.4, -0.2) is 37.7 Å². The average Bonchev–Trinajstić information content (AvgIpc) is 2.45. The van der Waals surface area contributed by atoms with E-state index in [2.05, 4.69) is 0 Å². The number of nitrogens with zero attached hydrogens (tertiary/aromatic N) is 1. The molecular formula is C12H13NO5S. The van der Waals surface area contributed by atoms with Crippen LogP contribution in [0.2, 0.25) is 0 Å². The lowest BCUT2D eigenvalue weighted by Gasteiger charge is -2.21. The third kappa shape index (κ3) is 2.76. The van der Waals surface area contributed by atoms with E-state index >= 15 is 0 Å². The van der Waals surface area contributed by atoms with Gasteiger partial charge in [0, 0.05) is 13.0 Å². The molecule has 1 aliphatic rings. The smallest absolute Gasteiger partial charge is 0.305 e. The predicted octanol–water partition coefficient (Wildman–Crippen LogP) is 0.672. The summed E-state index contributed by atoms with van der Waals surface area (Å²) in [7, 11) is -3.49. The lowest BCUT2D eigenvalue weighted by atomic mass is 10.2. The van der Waals surface area contributed by atoms with Crippen LogP contribution in [0.25, 0.3) is 0 Å². The first-order valence-corrected chi connectivity index (χ1v) is 7.41. The highest BCUT2D eigenvalue weighted by Crippen LogP contribution is 2.30. The van der Waals surface area contributed by atoms with Gasteiger partial charge in [0.2, 0.25) is 5.91 Å². The highest BCUT2D eigenvalue weighted by molar-refractivity contribution is 7.91. The molecule has 19 heavy (non-hydrogen) atoms. The summed E-state index contributed by atoms with van der Waals surface area (Å²) in [5, 5.41) is 8.70. The van der Waals surface area contributed by atoms with Gasteiger partial charge in [0.05, 0.1) is 22.8 Å². The number of carbonyl (C=O) groups excluding carboxylic acids is 1. The van der Waals surface area contributed by atoms with Gasteiger partial charge in [-0.3, -0.25) is 9.59 Å². The first-order valence-electron chi connectivity index (χ1n) is 5.76. The molecule has 1 heterocycles. The fraction of sp³-hybridized carbons (Fsp3) is 0.333. The Hall–Kier alpha value is -1.89. The van der Waals surface area contributed by atoms with Gasteiger partial charge in [0.1, 0.15) is 0 Å². The summed E-state index contributed by atoms with van der Waals surface area (Å²) in [6, 6.07) is 6.18. The number of carboxylic acids is 1. The van der Waals surface area contributed by atoms with Gasteiger partial charge >= 0.3 is 5.97 Å². The second kappa shape index (κ2) is 5.00. The minimum absolute atomic E-state index is 0.0271. The SMILES string of the molecule is O=C(O)CCN1C(=O)CCS(=O)(=O)c2ccccc21. The Morgan fingerprint density at radius 1 is 1.32 bits per heavy atom. The van der Waals surface area contributed by atoms with Gasteiger partial charge in [0.15, 0.2) is 9.84 Å². The number of hydrogen-bond donors (Lipinski definition) is 1. The van der Waals surface area contributed by atoms with Crippen molar-refractivity contribution in [1.29, 1.82) is 0 Å². The maximum absolute atomic E-state index is 12.0. The third-order valence-corrected chi connectivity index (χ3v) is 4.68. The summed E-state index contributed by atoms with van der Waals surface area (Å²) in [6.07, 6.45) is -0.350. The molecule has 0 radical (unpaired) electrons. The van der Waals surface area contributed by atoms with E-state index in [0.717, 1.165) is 0 Å². The molecule has 0 aromatic heterocycles. The molecule has 0 unspecified atom stereocenters. The summed E-state index contributed by atoms with van der Waals surface area (Å²) >= 11 is 0. The maximum Gasteiger partial charge on any atom is 0.305 e. The Bertz CT molecular complexity index is 623. The number of hydrogen-bond acceptors (Lipinski definition) is 4. The zero-order valence-corrected chi connectivity index (χ0v) is 10.9. The van der Waals surface area contributed by atoms with E-state index in [9.17, 15) is 18.0 Å². The van der Waals surface area contributed by atoms with Crippen molar-refractivity contribution in [1.82, 2.24) is 0 Å². The predicted molar refractivity (Wildman–Crippen MR) is 67.7 cm³/mol. The van der Waals surface area contributed by atoms with Gasteiger partial charge in [-0.25, -0.2) is 8.42 Å². The number of para-hydroxylation sites is 1. The third-order valence-electron chi connectivity index (χ3n) is 2.93. The zero-order chi connectivity index (χ0) is 14.0. The maximum atomic E-state index is 12.0. The molecule has 0 saturated carbocycles. The lowest BCUT2D eigenvalue weighted by Crippen LogP contribution is -2.32. The fourth-order valence-electron chi connectivity index (χ4n) is 2.00. The second-order valence-corrected chi connectivity index (χ2v) is 6.30. The number of fused-ring (bicyclic) bond motifs is 1. The number of carbonyl (C=O) groups is 2. The minimum atomic E-state index is -3.49. The van der Waals surface area contributed by atoms with Gasteiger partial charge < -0.3 is 10.0 Å². The summed E-state index contributed by atoms with van der Waals surface area (Å²) < 4.78 is 24.1. The molecule has 0 bridgehead atoms. The second-order valence-electron chi connectivity index (χ2n) is 4.23. The van der Waals surface area contributed by atoms with Crippen molar-refractivity contribution < 1.29 is 23.1 Å². The molecule has 1 N–H and O–H groups in total. The molecule has 2 rings (SSSR count). The van der Waals surface area contributed by atoms with Crippen molar-refractivity contribution in [2.75, 3.05) is 17.2 Å². The Morgan fingerprint density at radius 2 is 2.00 bits per heavy atom. The van der Waals surface area contributed by atoms with Gasteiger partial charge in [-0.05, 0) is 12.1 Å². The number of benzene rings is 1. The van der Waals surface area contributed by atoms with E-state index in [-0.39, 0.29) is 41.6 Å². The van der Waals surface area contributed by atoms with Crippen LogP contribution >= 0.6 is 0 Å². The number of aliphatic carboxylic acids is 1. The molecule has 0 aliphatic carbocycles. The van der Waals surface area contributed by atoms with E-state index in [1.807, 2.05) is 0 Å². The summed E-state index contributed by atoms with van der Waals surface area (Å²) in [5.41, 5.74) is 0.270. The Balaban J connectivity index is 2.47. The number of rotatable bonds is 3. The van der Waals surface area contributed by atoms with Crippen molar-refractivity contribution in [2.24, 2.45) is 0 Å². The van der Waals surface area contributed by atoms with Crippen molar-refractivity contribution in [2.45, 2.75) is 17.7 Å². The minimum Gasteiger partial charge on any atom is -0.481 e. The zero-order valence-electron chi connectivity index (χ0n) is 10.1. The van der Waals surface area contributed by atoms with Gasteiger partial charge in [-0.1, -0.05) is 12.1 Å². The Kier molecular flexibility index (Phi) is 3.57. The molecule has 102 valence electrons. The fourth-order valence-corrected chi connectivity index (χ4v) is 3.44. The van der Waals surface area contributed by atoms with Crippen LogP contribution in [-0.2, 0) is 19.4 Å². The average molecular weight is 283 g/mol. The molecule has 1 aromatic carbocycles. The monoisotopic (exact) mass is 283 g/mol. The van der Waals surface area contributed by atoms with E-state index < -0.39 is 15.8 Å². The van der Waals surface area contributed by atoms with Gasteiger partial charge in [-0.15, -0.1) is 0 Å². The van der Waals surface area contributed by atoms with Crippen LogP contribution in [0, 0.1) is 0 Å². The van der Waals surface area contributed by atoms with Crippen molar-refractivity contribution >= 4 is 27.4 Å². The first-order chi connectivity index (χ1) is 8.92. The molecule has 6 nitrogen and oxygen atoms in total. The normalized spacial score (nSPS) is 17.7. The van der Waals surface area contributed by atoms with E-state index in [0.29, 0.717) is 0 Å². The van der Waals surface area contributed by atoms with Crippen LogP contribution < -0.4 is 4.90 Å². The molecule has 0 fully saturated rings. The molecule has 0 spiro atoms. The topological polar surface area (TPSA) is 91.8 Å². The van der Waals surface area contributed by atoms with E-state index in [1.54, 1.807) is 12.1 Å². The standard InChI is InChI=1S/C12H13NO5S/c14-11-6-8-19(17,18)10-4-2-1-3-9(10)13(11)7-5-12(15)16/h1-4H,5-8H2,(H,15,16). The molecule has 7 heteroatoms. The van der Waals surface area contributed by atoms with Crippen LogP contribution in [0.15, 0.2) is 29.2 Å². The summed E-state index contributed by atoms with van der Waals surface area (Å²) in [5.74, 6) is -1.64. The van der Waals surface area contributed by atoms with Crippen LogP contribution in [0.5, 0.6) is 0 Å². The molecular weight excluding hydrogens is 270 g/mol. The van der Waals surface area contributed by atoms with Crippen molar-refractivity contribution in [3.05, 3.63) is 24.3 Å². The first kappa shape index (κ1) is 13.5. The number of sulfone groups is 1. The largest absolute Gasteiger partial charge is 0.481 e. The summed E-state index contributed by atoms with van der Waals surface area (Å²) in [6.45, 7) is -0.0271. The Morgan fingerprint density at radius 3 is 2.68 bits per heavy atom. The number of carboxylic acid groups (broad SMARTS) is 1. The van der Waals surface area contributed by atoms with Crippen LogP contribution in [0.4, 0.5) is 5.69 Å². The number of amides is 1. The Labute approximate surface area is 110 Å². The molecule has 1 aromatic rings. The van der Waals surface area contributed by atoms with Crippen molar-refractivity contribution in [3.8, 4) is 0 Å². The lowest BCUT2D eigenvalue weighted by molar-refractivity contribution is -0.136. The van der Waals surface area contributed by atoms with Crippen molar-refractivity contribution in [3.63, 3.8) is 0 Å². The quantitative estimate of drug-likeness (QED) is 0.880. The number of anilines is 1.